The normalized spacial score (nSPS) is 20.8. The summed E-state index contributed by atoms with van der Waals surface area (Å²) in [5, 5.41) is 3.29. The zero-order valence-electron chi connectivity index (χ0n) is 11.3. The fourth-order valence-corrected chi connectivity index (χ4v) is 3.60. The SMILES string of the molecule is O=S(=O)(NC1CC1)c1ccc(OC2CCNCC2)cc1. The molecule has 0 radical (unpaired) electrons. The van der Waals surface area contributed by atoms with Crippen LogP contribution in [0.4, 0.5) is 0 Å². The smallest absolute Gasteiger partial charge is 0.240 e. The zero-order chi connectivity index (χ0) is 14.0. The van der Waals surface area contributed by atoms with Crippen molar-refractivity contribution in [3.8, 4) is 5.75 Å². The molecule has 1 aromatic carbocycles. The summed E-state index contributed by atoms with van der Waals surface area (Å²) in [6, 6.07) is 6.83. The van der Waals surface area contributed by atoms with Crippen LogP contribution in [-0.2, 0) is 10.0 Å². The molecule has 0 aromatic heterocycles. The average molecular weight is 296 g/mol. The van der Waals surface area contributed by atoms with Gasteiger partial charge in [-0.15, -0.1) is 0 Å². The third-order valence-electron chi connectivity index (χ3n) is 3.62. The molecule has 1 aliphatic carbocycles. The molecule has 0 bridgehead atoms. The Bertz CT molecular complexity index is 546. The fourth-order valence-electron chi connectivity index (χ4n) is 2.29. The molecule has 110 valence electrons. The van der Waals surface area contributed by atoms with Gasteiger partial charge >= 0.3 is 0 Å². The monoisotopic (exact) mass is 296 g/mol. The summed E-state index contributed by atoms with van der Waals surface area (Å²) < 4.78 is 32.6. The van der Waals surface area contributed by atoms with E-state index in [1.54, 1.807) is 24.3 Å². The molecule has 6 heteroatoms. The average Bonchev–Trinajstić information content (AvgIpc) is 3.24. The molecular weight excluding hydrogens is 276 g/mol. The highest BCUT2D eigenvalue weighted by atomic mass is 32.2. The molecule has 0 spiro atoms. The quantitative estimate of drug-likeness (QED) is 0.858. The van der Waals surface area contributed by atoms with E-state index in [2.05, 4.69) is 10.0 Å². The van der Waals surface area contributed by atoms with Crippen LogP contribution in [0.25, 0.3) is 0 Å². The van der Waals surface area contributed by atoms with E-state index >= 15 is 0 Å². The van der Waals surface area contributed by atoms with Crippen LogP contribution in [0, 0.1) is 0 Å². The number of ether oxygens (including phenoxy) is 1. The fraction of sp³-hybridized carbons (Fsp3) is 0.571. The number of benzene rings is 1. The molecule has 1 saturated carbocycles. The molecule has 0 amide bonds. The highest BCUT2D eigenvalue weighted by Crippen LogP contribution is 2.24. The van der Waals surface area contributed by atoms with Crippen LogP contribution in [0.1, 0.15) is 25.7 Å². The van der Waals surface area contributed by atoms with E-state index in [-0.39, 0.29) is 12.1 Å². The Morgan fingerprint density at radius 3 is 2.30 bits per heavy atom. The van der Waals surface area contributed by atoms with E-state index in [4.69, 9.17) is 4.74 Å². The topological polar surface area (TPSA) is 67.4 Å². The second-order valence-electron chi connectivity index (χ2n) is 5.43. The standard InChI is InChI=1S/C14H20N2O3S/c17-20(18,16-11-1-2-11)14-5-3-12(4-6-14)19-13-7-9-15-10-8-13/h3-6,11,13,15-16H,1-2,7-10H2. The largest absolute Gasteiger partial charge is 0.490 e. The van der Waals surface area contributed by atoms with Crippen molar-refractivity contribution in [1.82, 2.24) is 10.0 Å². The molecule has 20 heavy (non-hydrogen) atoms. The molecule has 2 fully saturated rings. The van der Waals surface area contributed by atoms with Crippen molar-refractivity contribution >= 4 is 10.0 Å². The zero-order valence-corrected chi connectivity index (χ0v) is 12.2. The van der Waals surface area contributed by atoms with Crippen LogP contribution >= 0.6 is 0 Å². The first kappa shape index (κ1) is 13.9. The van der Waals surface area contributed by atoms with E-state index in [1.165, 1.54) is 0 Å². The first-order chi connectivity index (χ1) is 9.63. The predicted molar refractivity (Wildman–Crippen MR) is 76.3 cm³/mol. The summed E-state index contributed by atoms with van der Waals surface area (Å²) in [7, 11) is -3.36. The Balaban J connectivity index is 1.64. The van der Waals surface area contributed by atoms with Gasteiger partial charge in [0.15, 0.2) is 0 Å². The molecule has 1 heterocycles. The first-order valence-corrected chi connectivity index (χ1v) is 8.61. The number of rotatable bonds is 5. The van der Waals surface area contributed by atoms with Crippen LogP contribution < -0.4 is 14.8 Å². The number of hydrogen-bond acceptors (Lipinski definition) is 4. The summed E-state index contributed by atoms with van der Waals surface area (Å²) in [6.07, 6.45) is 4.09. The van der Waals surface area contributed by atoms with Crippen molar-refractivity contribution in [2.45, 2.75) is 42.7 Å². The van der Waals surface area contributed by atoms with Crippen LogP contribution in [0.2, 0.25) is 0 Å². The van der Waals surface area contributed by atoms with Gasteiger partial charge in [-0.05, 0) is 63.0 Å². The van der Waals surface area contributed by atoms with Gasteiger partial charge in [0.05, 0.1) is 4.90 Å². The lowest BCUT2D eigenvalue weighted by atomic mass is 10.1. The van der Waals surface area contributed by atoms with Crippen LogP contribution in [0.5, 0.6) is 5.75 Å². The van der Waals surface area contributed by atoms with Crippen molar-refractivity contribution in [1.29, 1.82) is 0 Å². The van der Waals surface area contributed by atoms with E-state index < -0.39 is 10.0 Å². The molecule has 2 N–H and O–H groups in total. The molecule has 1 aromatic rings. The third kappa shape index (κ3) is 3.50. The maximum Gasteiger partial charge on any atom is 0.240 e. The molecule has 5 nitrogen and oxygen atoms in total. The van der Waals surface area contributed by atoms with Gasteiger partial charge in [0.2, 0.25) is 10.0 Å². The Morgan fingerprint density at radius 2 is 1.70 bits per heavy atom. The lowest BCUT2D eigenvalue weighted by Gasteiger charge is -2.23. The molecule has 1 saturated heterocycles. The maximum absolute atomic E-state index is 12.0. The van der Waals surface area contributed by atoms with Gasteiger partial charge in [-0.3, -0.25) is 0 Å². The molecule has 2 aliphatic rings. The molecule has 0 atom stereocenters. The lowest BCUT2D eigenvalue weighted by molar-refractivity contribution is 0.162. The van der Waals surface area contributed by atoms with Gasteiger partial charge in [-0.1, -0.05) is 0 Å². The minimum Gasteiger partial charge on any atom is -0.490 e. The number of sulfonamides is 1. The van der Waals surface area contributed by atoms with E-state index in [0.29, 0.717) is 4.90 Å². The van der Waals surface area contributed by atoms with Gasteiger partial charge in [-0.25, -0.2) is 13.1 Å². The Kier molecular flexibility index (Phi) is 3.96. The maximum atomic E-state index is 12.0. The molecule has 0 unspecified atom stereocenters. The Morgan fingerprint density at radius 1 is 1.05 bits per heavy atom. The van der Waals surface area contributed by atoms with Gasteiger partial charge in [0, 0.05) is 6.04 Å². The summed E-state index contributed by atoms with van der Waals surface area (Å²) in [4.78, 5) is 0.307. The highest BCUT2D eigenvalue weighted by molar-refractivity contribution is 7.89. The van der Waals surface area contributed by atoms with Crippen molar-refractivity contribution in [3.63, 3.8) is 0 Å². The van der Waals surface area contributed by atoms with Gasteiger partial charge in [-0.2, -0.15) is 0 Å². The van der Waals surface area contributed by atoms with Gasteiger partial charge in [0.25, 0.3) is 0 Å². The number of piperidine rings is 1. The van der Waals surface area contributed by atoms with E-state index in [9.17, 15) is 8.42 Å². The lowest BCUT2D eigenvalue weighted by Crippen LogP contribution is -2.34. The van der Waals surface area contributed by atoms with Crippen LogP contribution in [0.3, 0.4) is 0 Å². The minimum atomic E-state index is -3.36. The van der Waals surface area contributed by atoms with Crippen molar-refractivity contribution in [2.24, 2.45) is 0 Å². The summed E-state index contributed by atoms with van der Waals surface area (Å²) >= 11 is 0. The van der Waals surface area contributed by atoms with E-state index in [0.717, 1.165) is 44.5 Å². The molecular formula is C14H20N2O3S. The third-order valence-corrected chi connectivity index (χ3v) is 5.16. The summed E-state index contributed by atoms with van der Waals surface area (Å²) in [5.74, 6) is 0.738. The van der Waals surface area contributed by atoms with Crippen molar-refractivity contribution < 1.29 is 13.2 Å². The van der Waals surface area contributed by atoms with E-state index in [1.807, 2.05) is 0 Å². The molecule has 1 aliphatic heterocycles. The Labute approximate surface area is 119 Å². The van der Waals surface area contributed by atoms with Crippen LogP contribution in [-0.4, -0.2) is 33.7 Å². The van der Waals surface area contributed by atoms with Crippen LogP contribution in [0.15, 0.2) is 29.2 Å². The highest BCUT2D eigenvalue weighted by Gasteiger charge is 2.27. The summed E-state index contributed by atoms with van der Waals surface area (Å²) in [6.45, 7) is 1.95. The predicted octanol–water partition coefficient (Wildman–Crippen LogP) is 1.26. The van der Waals surface area contributed by atoms with Gasteiger partial charge < -0.3 is 10.1 Å². The summed E-state index contributed by atoms with van der Waals surface area (Å²) in [5.41, 5.74) is 0. The molecule has 3 rings (SSSR count). The number of hydrogen-bond donors (Lipinski definition) is 2. The van der Waals surface area contributed by atoms with Gasteiger partial charge in [0.1, 0.15) is 11.9 Å². The second kappa shape index (κ2) is 5.71. The second-order valence-corrected chi connectivity index (χ2v) is 7.15. The van der Waals surface area contributed by atoms with Crippen molar-refractivity contribution in [3.05, 3.63) is 24.3 Å². The van der Waals surface area contributed by atoms with Crippen molar-refractivity contribution in [2.75, 3.05) is 13.1 Å². The minimum absolute atomic E-state index is 0.130. The Hall–Kier alpha value is -1.11. The number of nitrogens with one attached hydrogen (secondary N) is 2. The first-order valence-electron chi connectivity index (χ1n) is 7.13.